The Morgan fingerprint density at radius 2 is 2.18 bits per heavy atom. The molecule has 1 aromatic heterocycles. The van der Waals surface area contributed by atoms with Crippen LogP contribution in [0.5, 0.6) is 0 Å². The molecule has 0 atom stereocenters. The van der Waals surface area contributed by atoms with E-state index in [2.05, 4.69) is 10.5 Å². The minimum Gasteiger partial charge on any atom is -0.512 e. The number of nitrogens with zero attached hydrogens (tertiary/aromatic N) is 1. The van der Waals surface area contributed by atoms with Crippen molar-refractivity contribution in [2.45, 2.75) is 13.8 Å². The van der Waals surface area contributed by atoms with Crippen molar-refractivity contribution in [3.8, 4) is 0 Å². The average Bonchev–Trinajstić information content (AvgIpc) is 2.76. The van der Waals surface area contributed by atoms with E-state index < -0.39 is 0 Å². The number of hydrogen-bond donors (Lipinski definition) is 2. The summed E-state index contributed by atoms with van der Waals surface area (Å²) in [6, 6.07) is 3.41. The van der Waals surface area contributed by atoms with Gasteiger partial charge in [0, 0.05) is 0 Å². The number of thiophene rings is 1. The molecule has 0 fully saturated rings. The van der Waals surface area contributed by atoms with Crippen LogP contribution in [0.3, 0.4) is 0 Å². The molecule has 1 aromatic rings. The van der Waals surface area contributed by atoms with E-state index in [0.29, 0.717) is 4.88 Å². The highest BCUT2D eigenvalue weighted by molar-refractivity contribution is 7.12. The smallest absolute Gasteiger partial charge is 0.281 e. The standard InChI is InChI=1S/C11H12N2O3S/c1-7(14)9(8(2)15)6-12-13-11(16)10-4-3-5-17-10/h3-6,14H,1-2H3,(H,13,16)/b9-7+,12-6+. The Morgan fingerprint density at radius 3 is 2.65 bits per heavy atom. The molecule has 6 heteroatoms. The van der Waals surface area contributed by atoms with Crippen LogP contribution in [0.25, 0.3) is 0 Å². The largest absolute Gasteiger partial charge is 0.512 e. The minimum absolute atomic E-state index is 0.0662. The molecule has 0 aliphatic heterocycles. The zero-order valence-electron chi connectivity index (χ0n) is 9.43. The van der Waals surface area contributed by atoms with Crippen LogP contribution in [0.1, 0.15) is 23.5 Å². The first-order chi connectivity index (χ1) is 8.02. The zero-order chi connectivity index (χ0) is 12.8. The van der Waals surface area contributed by atoms with E-state index in [4.69, 9.17) is 0 Å². The van der Waals surface area contributed by atoms with Crippen LogP contribution >= 0.6 is 11.3 Å². The second kappa shape index (κ2) is 5.95. The van der Waals surface area contributed by atoms with Crippen molar-refractivity contribution in [1.29, 1.82) is 0 Å². The summed E-state index contributed by atoms with van der Waals surface area (Å²) >= 11 is 1.29. The molecule has 0 saturated heterocycles. The van der Waals surface area contributed by atoms with Gasteiger partial charge in [0.15, 0.2) is 5.78 Å². The maximum atomic E-state index is 11.4. The van der Waals surface area contributed by atoms with E-state index in [9.17, 15) is 14.7 Å². The monoisotopic (exact) mass is 252 g/mol. The van der Waals surface area contributed by atoms with Crippen LogP contribution in [0, 0.1) is 0 Å². The third-order valence-electron chi connectivity index (χ3n) is 1.87. The van der Waals surface area contributed by atoms with Gasteiger partial charge in [0.25, 0.3) is 5.91 Å². The number of aliphatic hydroxyl groups excluding tert-OH is 1. The highest BCUT2D eigenvalue weighted by Crippen LogP contribution is 2.07. The van der Waals surface area contributed by atoms with Crippen molar-refractivity contribution in [3.63, 3.8) is 0 Å². The summed E-state index contributed by atoms with van der Waals surface area (Å²) in [6.07, 6.45) is 1.13. The van der Waals surface area contributed by atoms with Gasteiger partial charge in [0.1, 0.15) is 5.76 Å². The van der Waals surface area contributed by atoms with Crippen LogP contribution < -0.4 is 5.43 Å². The van der Waals surface area contributed by atoms with Crippen LogP contribution in [0.4, 0.5) is 0 Å². The molecule has 0 radical (unpaired) electrons. The summed E-state index contributed by atoms with van der Waals surface area (Å²) < 4.78 is 0. The number of hydrazone groups is 1. The molecular weight excluding hydrogens is 240 g/mol. The highest BCUT2D eigenvalue weighted by Gasteiger charge is 2.06. The Hall–Kier alpha value is -1.95. The average molecular weight is 252 g/mol. The van der Waals surface area contributed by atoms with Crippen LogP contribution in [0.2, 0.25) is 0 Å². The van der Waals surface area contributed by atoms with Gasteiger partial charge in [-0.05, 0) is 25.3 Å². The molecule has 17 heavy (non-hydrogen) atoms. The predicted molar refractivity (Wildman–Crippen MR) is 66.3 cm³/mol. The van der Waals surface area contributed by atoms with E-state index in [1.807, 2.05) is 0 Å². The number of aliphatic hydroxyl groups is 1. The first-order valence-corrected chi connectivity index (χ1v) is 5.68. The zero-order valence-corrected chi connectivity index (χ0v) is 10.2. The topological polar surface area (TPSA) is 78.8 Å². The maximum absolute atomic E-state index is 11.4. The second-order valence-electron chi connectivity index (χ2n) is 3.23. The molecule has 1 rings (SSSR count). The molecule has 0 aliphatic carbocycles. The quantitative estimate of drug-likeness (QED) is 0.371. The molecule has 0 saturated carbocycles. The van der Waals surface area contributed by atoms with E-state index in [1.54, 1.807) is 17.5 Å². The van der Waals surface area contributed by atoms with Gasteiger partial charge in [-0.3, -0.25) is 9.59 Å². The molecule has 0 aliphatic rings. The lowest BCUT2D eigenvalue weighted by atomic mass is 10.2. The molecule has 0 bridgehead atoms. The number of carbonyl (C=O) groups is 2. The third-order valence-corrected chi connectivity index (χ3v) is 2.74. The SMILES string of the molecule is CC(=O)C(/C=N/NC(=O)c1cccs1)=C(\C)O. The fraction of sp³-hybridized carbons (Fsp3) is 0.182. The maximum Gasteiger partial charge on any atom is 0.281 e. The Balaban J connectivity index is 2.65. The highest BCUT2D eigenvalue weighted by atomic mass is 32.1. The van der Waals surface area contributed by atoms with Crippen LogP contribution in [-0.2, 0) is 4.79 Å². The lowest BCUT2D eigenvalue weighted by Crippen LogP contribution is -2.17. The van der Waals surface area contributed by atoms with Crippen LogP contribution in [-0.4, -0.2) is 23.0 Å². The number of Topliss-reactive ketones (excluding diaryl/α,β-unsaturated/α-hetero) is 1. The summed E-state index contributed by atoms with van der Waals surface area (Å²) in [5.41, 5.74) is 2.33. The molecule has 0 unspecified atom stereocenters. The Labute approximate surface area is 102 Å². The Kier molecular flexibility index (Phi) is 4.59. The molecule has 1 heterocycles. The van der Waals surface area contributed by atoms with Gasteiger partial charge in [-0.25, -0.2) is 5.43 Å². The molecule has 1 amide bonds. The van der Waals surface area contributed by atoms with Gasteiger partial charge >= 0.3 is 0 Å². The first-order valence-electron chi connectivity index (χ1n) is 4.80. The van der Waals surface area contributed by atoms with Crippen molar-refractivity contribution in [3.05, 3.63) is 33.7 Å². The van der Waals surface area contributed by atoms with E-state index in [1.165, 1.54) is 25.2 Å². The number of ketones is 1. The number of nitrogens with one attached hydrogen (secondary N) is 1. The molecule has 90 valence electrons. The summed E-state index contributed by atoms with van der Waals surface area (Å²) in [5.74, 6) is -0.805. The van der Waals surface area contributed by atoms with Gasteiger partial charge in [0.2, 0.25) is 0 Å². The number of rotatable bonds is 4. The van der Waals surface area contributed by atoms with E-state index in [-0.39, 0.29) is 23.0 Å². The number of amides is 1. The summed E-state index contributed by atoms with van der Waals surface area (Å²) in [4.78, 5) is 23.0. The Morgan fingerprint density at radius 1 is 1.47 bits per heavy atom. The van der Waals surface area contributed by atoms with E-state index in [0.717, 1.165) is 6.21 Å². The fourth-order valence-corrected chi connectivity index (χ4v) is 1.67. The van der Waals surface area contributed by atoms with Gasteiger partial charge in [-0.2, -0.15) is 5.10 Å². The summed E-state index contributed by atoms with van der Waals surface area (Å²) in [7, 11) is 0. The predicted octanol–water partition coefficient (Wildman–Crippen LogP) is 1.88. The van der Waals surface area contributed by atoms with Gasteiger partial charge in [-0.15, -0.1) is 11.3 Å². The lowest BCUT2D eigenvalue weighted by molar-refractivity contribution is -0.113. The van der Waals surface area contributed by atoms with Gasteiger partial charge in [-0.1, -0.05) is 6.07 Å². The minimum atomic E-state index is -0.352. The van der Waals surface area contributed by atoms with E-state index >= 15 is 0 Å². The summed E-state index contributed by atoms with van der Waals surface area (Å²) in [5, 5.41) is 14.6. The Bertz CT molecular complexity index is 471. The molecule has 5 nitrogen and oxygen atoms in total. The second-order valence-corrected chi connectivity index (χ2v) is 4.18. The molecule has 0 aromatic carbocycles. The van der Waals surface area contributed by atoms with Gasteiger partial charge in [0.05, 0.1) is 16.7 Å². The molecular formula is C11H12N2O3S. The van der Waals surface area contributed by atoms with Gasteiger partial charge < -0.3 is 5.11 Å². The van der Waals surface area contributed by atoms with Crippen molar-refractivity contribution in [2.24, 2.45) is 5.10 Å². The normalized spacial score (nSPS) is 12.4. The number of carbonyl (C=O) groups excluding carboxylic acids is 2. The first kappa shape index (κ1) is 13.1. The van der Waals surface area contributed by atoms with Crippen LogP contribution in [0.15, 0.2) is 33.9 Å². The van der Waals surface area contributed by atoms with Crippen molar-refractivity contribution in [1.82, 2.24) is 5.43 Å². The lowest BCUT2D eigenvalue weighted by Gasteiger charge is -1.98. The summed E-state index contributed by atoms with van der Waals surface area (Å²) in [6.45, 7) is 2.69. The van der Waals surface area contributed by atoms with Crippen molar-refractivity contribution < 1.29 is 14.7 Å². The van der Waals surface area contributed by atoms with Crippen molar-refractivity contribution in [2.75, 3.05) is 0 Å². The number of allylic oxidation sites excluding steroid dienone is 2. The fourth-order valence-electron chi connectivity index (χ4n) is 1.06. The number of hydrogen-bond acceptors (Lipinski definition) is 5. The third kappa shape index (κ3) is 3.84. The van der Waals surface area contributed by atoms with Crippen molar-refractivity contribution >= 4 is 29.2 Å². The molecule has 2 N–H and O–H groups in total. The molecule has 0 spiro atoms.